The smallest absolute Gasteiger partial charge is 0.409 e. The van der Waals surface area contributed by atoms with Crippen molar-refractivity contribution >= 4 is 6.09 Å². The summed E-state index contributed by atoms with van der Waals surface area (Å²) in [7, 11) is 1.74. The average molecular weight is 414 g/mol. The largest absolute Gasteiger partial charge is 0.448 e. The maximum Gasteiger partial charge on any atom is 0.409 e. The van der Waals surface area contributed by atoms with Gasteiger partial charge in [-0.05, 0) is 47.1 Å². The fourth-order valence-corrected chi connectivity index (χ4v) is 5.37. The molecule has 0 bridgehead atoms. The van der Waals surface area contributed by atoms with E-state index >= 15 is 0 Å². The van der Waals surface area contributed by atoms with Crippen molar-refractivity contribution in [2.75, 3.05) is 13.7 Å². The van der Waals surface area contributed by atoms with Crippen LogP contribution in [-0.4, -0.2) is 35.8 Å². The van der Waals surface area contributed by atoms with Gasteiger partial charge in [0.25, 0.3) is 0 Å². The van der Waals surface area contributed by atoms with Crippen LogP contribution in [0.1, 0.15) is 41.9 Å². The molecular formula is C27H27NO3. The molecule has 1 fully saturated rings. The first-order valence-corrected chi connectivity index (χ1v) is 11.0. The molecule has 1 saturated carbocycles. The molecule has 3 aromatic carbocycles. The van der Waals surface area contributed by atoms with Crippen LogP contribution in [0.3, 0.4) is 0 Å². The van der Waals surface area contributed by atoms with Crippen molar-refractivity contribution in [2.24, 2.45) is 0 Å². The second-order valence-electron chi connectivity index (χ2n) is 8.61. The van der Waals surface area contributed by atoms with Gasteiger partial charge in [0.2, 0.25) is 0 Å². The molecular weight excluding hydrogens is 386 g/mol. The van der Waals surface area contributed by atoms with Gasteiger partial charge in [-0.1, -0.05) is 78.9 Å². The minimum absolute atomic E-state index is 0.0290. The summed E-state index contributed by atoms with van der Waals surface area (Å²) in [6.07, 6.45) is 1.88. The highest BCUT2D eigenvalue weighted by Crippen LogP contribution is 2.45. The van der Waals surface area contributed by atoms with Crippen LogP contribution in [0.2, 0.25) is 0 Å². The van der Waals surface area contributed by atoms with Crippen LogP contribution in [0, 0.1) is 0 Å². The van der Waals surface area contributed by atoms with Crippen molar-refractivity contribution in [1.29, 1.82) is 0 Å². The number of carbonyl (C=O) groups excluding carboxylic acids is 1. The van der Waals surface area contributed by atoms with Gasteiger partial charge in [0.05, 0.1) is 6.04 Å². The van der Waals surface area contributed by atoms with Crippen LogP contribution in [-0.2, 0) is 10.3 Å². The van der Waals surface area contributed by atoms with E-state index in [1.165, 1.54) is 22.3 Å². The van der Waals surface area contributed by atoms with Gasteiger partial charge >= 0.3 is 6.09 Å². The first-order valence-electron chi connectivity index (χ1n) is 11.0. The Bertz CT molecular complexity index is 1050. The summed E-state index contributed by atoms with van der Waals surface area (Å²) in [5.74, 6) is 0.0290. The molecule has 0 radical (unpaired) electrons. The van der Waals surface area contributed by atoms with Crippen molar-refractivity contribution in [2.45, 2.75) is 36.8 Å². The number of fused-ring (bicyclic) bond motifs is 3. The van der Waals surface area contributed by atoms with Crippen LogP contribution in [0.25, 0.3) is 11.1 Å². The van der Waals surface area contributed by atoms with Gasteiger partial charge < -0.3 is 14.7 Å². The number of likely N-dealkylation sites (N-methyl/N-ethyl adjacent to an activating group) is 1. The Hall–Kier alpha value is -3.11. The number of ether oxygens (including phenoxy) is 1. The van der Waals surface area contributed by atoms with E-state index in [4.69, 9.17) is 4.74 Å². The van der Waals surface area contributed by atoms with Crippen LogP contribution in [0.5, 0.6) is 0 Å². The molecule has 5 rings (SSSR count). The molecule has 0 spiro atoms. The van der Waals surface area contributed by atoms with Crippen molar-refractivity contribution in [3.63, 3.8) is 0 Å². The van der Waals surface area contributed by atoms with E-state index in [2.05, 4.69) is 24.3 Å². The molecule has 1 N–H and O–H groups in total. The number of benzene rings is 3. The third-order valence-electron chi connectivity index (χ3n) is 6.95. The Morgan fingerprint density at radius 2 is 1.55 bits per heavy atom. The number of hydrogen-bond donors (Lipinski definition) is 1. The molecule has 0 aromatic heterocycles. The lowest BCUT2D eigenvalue weighted by molar-refractivity contribution is -0.0246. The van der Waals surface area contributed by atoms with Crippen LogP contribution < -0.4 is 0 Å². The molecule has 2 aliphatic rings. The first kappa shape index (κ1) is 19.8. The Balaban J connectivity index is 1.33. The Kier molecular flexibility index (Phi) is 5.03. The summed E-state index contributed by atoms with van der Waals surface area (Å²) in [4.78, 5) is 14.6. The van der Waals surface area contributed by atoms with Crippen molar-refractivity contribution in [3.05, 3.63) is 95.6 Å². The highest BCUT2D eigenvalue weighted by atomic mass is 16.6. The first-order chi connectivity index (χ1) is 15.1. The van der Waals surface area contributed by atoms with Gasteiger partial charge in [-0.2, -0.15) is 0 Å². The van der Waals surface area contributed by atoms with Gasteiger partial charge in [-0.3, -0.25) is 0 Å². The second-order valence-corrected chi connectivity index (χ2v) is 8.61. The molecule has 0 unspecified atom stereocenters. The lowest BCUT2D eigenvalue weighted by Crippen LogP contribution is -2.48. The number of rotatable bonds is 4. The Morgan fingerprint density at radius 3 is 2.19 bits per heavy atom. The van der Waals surface area contributed by atoms with Gasteiger partial charge in [0.1, 0.15) is 12.2 Å². The summed E-state index contributed by atoms with van der Waals surface area (Å²) in [6.45, 7) is 0.285. The number of hydrogen-bond acceptors (Lipinski definition) is 3. The zero-order valence-electron chi connectivity index (χ0n) is 17.7. The van der Waals surface area contributed by atoms with Gasteiger partial charge in [0, 0.05) is 13.0 Å². The minimum Gasteiger partial charge on any atom is -0.448 e. The Morgan fingerprint density at radius 1 is 0.968 bits per heavy atom. The third-order valence-corrected chi connectivity index (χ3v) is 6.95. The zero-order valence-corrected chi connectivity index (χ0v) is 17.7. The van der Waals surface area contributed by atoms with Crippen LogP contribution in [0.4, 0.5) is 4.79 Å². The predicted octanol–water partition coefficient (Wildman–Crippen LogP) is 5.31. The summed E-state index contributed by atoms with van der Waals surface area (Å²) in [6, 6.07) is 26.0. The molecule has 4 nitrogen and oxygen atoms in total. The third kappa shape index (κ3) is 3.31. The normalized spacial score (nSPS) is 22.1. The fraction of sp³-hybridized carbons (Fsp3) is 0.296. The summed E-state index contributed by atoms with van der Waals surface area (Å²) in [5.41, 5.74) is 4.63. The zero-order chi connectivity index (χ0) is 21.4. The lowest BCUT2D eigenvalue weighted by atomic mass is 9.88. The number of amides is 1. The number of carbonyl (C=O) groups is 1. The second kappa shape index (κ2) is 7.86. The molecule has 3 aromatic rings. The van der Waals surface area contributed by atoms with E-state index in [-0.39, 0.29) is 24.7 Å². The van der Waals surface area contributed by atoms with Gasteiger partial charge in [-0.15, -0.1) is 0 Å². The minimum atomic E-state index is -1.04. The monoisotopic (exact) mass is 413 g/mol. The molecule has 158 valence electrons. The van der Waals surface area contributed by atoms with Crippen LogP contribution >= 0.6 is 0 Å². The number of aliphatic hydroxyl groups is 1. The molecule has 31 heavy (non-hydrogen) atoms. The van der Waals surface area contributed by atoms with E-state index in [9.17, 15) is 9.90 Å². The van der Waals surface area contributed by atoms with E-state index in [1.807, 2.05) is 54.6 Å². The van der Waals surface area contributed by atoms with E-state index in [0.29, 0.717) is 6.42 Å². The SMILES string of the molecule is CN(C(=O)OCC1c2ccccc2-c2ccccc21)[C@@H]1CCC[C@]1(O)c1ccccc1. The molecule has 0 aliphatic heterocycles. The van der Waals surface area contributed by atoms with E-state index < -0.39 is 5.60 Å². The lowest BCUT2D eigenvalue weighted by Gasteiger charge is -2.36. The topological polar surface area (TPSA) is 49.8 Å². The van der Waals surface area contributed by atoms with Gasteiger partial charge in [-0.25, -0.2) is 4.79 Å². The van der Waals surface area contributed by atoms with Gasteiger partial charge in [0.15, 0.2) is 0 Å². The molecule has 2 aliphatic carbocycles. The quantitative estimate of drug-likeness (QED) is 0.631. The van der Waals surface area contributed by atoms with Crippen molar-refractivity contribution < 1.29 is 14.6 Å². The highest BCUT2D eigenvalue weighted by molar-refractivity contribution is 5.79. The molecule has 4 heteroatoms. The Labute approximate surface area is 183 Å². The van der Waals surface area contributed by atoms with Crippen molar-refractivity contribution in [3.8, 4) is 11.1 Å². The highest BCUT2D eigenvalue weighted by Gasteiger charge is 2.46. The van der Waals surface area contributed by atoms with E-state index in [0.717, 1.165) is 18.4 Å². The maximum atomic E-state index is 13.0. The van der Waals surface area contributed by atoms with Crippen molar-refractivity contribution in [1.82, 2.24) is 4.90 Å². The number of nitrogens with zero attached hydrogens (tertiary/aromatic N) is 1. The summed E-state index contributed by atoms with van der Waals surface area (Å²) >= 11 is 0. The fourth-order valence-electron chi connectivity index (χ4n) is 5.37. The molecule has 1 amide bonds. The standard InChI is InChI=1S/C27H27NO3/c1-28(25-16-9-17-27(25,30)19-10-3-2-4-11-19)26(29)31-18-24-22-14-7-5-12-20(22)21-13-6-8-15-23(21)24/h2-8,10-15,24-25,30H,9,16-18H2,1H3/t25-,27+/m1/s1. The summed E-state index contributed by atoms with van der Waals surface area (Å²) < 4.78 is 5.82. The molecule has 2 atom stereocenters. The molecule has 0 saturated heterocycles. The average Bonchev–Trinajstić information content (AvgIpc) is 3.36. The predicted molar refractivity (Wildman–Crippen MR) is 121 cm³/mol. The summed E-state index contributed by atoms with van der Waals surface area (Å²) in [5, 5.41) is 11.4. The molecule has 0 heterocycles. The van der Waals surface area contributed by atoms with Crippen LogP contribution in [0.15, 0.2) is 78.9 Å². The maximum absolute atomic E-state index is 13.0. The van der Waals surface area contributed by atoms with E-state index in [1.54, 1.807) is 11.9 Å².